The molecular weight excluding hydrogens is 408 g/mol. The van der Waals surface area contributed by atoms with E-state index in [0.717, 1.165) is 29.7 Å². The SMILES string of the molecule is CC(C)c1ccc(S(=O)(=O)Nc2ccc3c(c2)CCCN3C(=O)c2ccccc2)cc1. The fourth-order valence-corrected chi connectivity index (χ4v) is 4.90. The number of carbonyl (C=O) groups is 1. The predicted molar refractivity (Wildman–Crippen MR) is 124 cm³/mol. The van der Waals surface area contributed by atoms with Crippen LogP contribution in [0.2, 0.25) is 0 Å². The first kappa shape index (κ1) is 21.1. The average Bonchev–Trinajstić information content (AvgIpc) is 2.78. The molecule has 160 valence electrons. The summed E-state index contributed by atoms with van der Waals surface area (Å²) in [6.07, 6.45) is 1.63. The van der Waals surface area contributed by atoms with Gasteiger partial charge in [-0.1, -0.05) is 44.2 Å². The van der Waals surface area contributed by atoms with Gasteiger partial charge in [-0.25, -0.2) is 8.42 Å². The molecule has 31 heavy (non-hydrogen) atoms. The molecule has 0 fully saturated rings. The summed E-state index contributed by atoms with van der Waals surface area (Å²) in [5, 5.41) is 0. The summed E-state index contributed by atoms with van der Waals surface area (Å²) in [7, 11) is -3.69. The second kappa shape index (κ2) is 8.55. The molecule has 0 bridgehead atoms. The Hall–Kier alpha value is -3.12. The summed E-state index contributed by atoms with van der Waals surface area (Å²) in [5.41, 5.74) is 4.04. The van der Waals surface area contributed by atoms with E-state index in [0.29, 0.717) is 23.7 Å². The number of benzene rings is 3. The molecule has 1 amide bonds. The van der Waals surface area contributed by atoms with Crippen molar-refractivity contribution in [2.45, 2.75) is 37.5 Å². The van der Waals surface area contributed by atoms with Crippen LogP contribution in [-0.2, 0) is 16.4 Å². The van der Waals surface area contributed by atoms with E-state index in [4.69, 9.17) is 0 Å². The highest BCUT2D eigenvalue weighted by atomic mass is 32.2. The summed E-state index contributed by atoms with van der Waals surface area (Å²) in [6.45, 7) is 4.79. The molecule has 0 saturated heterocycles. The Balaban J connectivity index is 1.57. The van der Waals surface area contributed by atoms with E-state index >= 15 is 0 Å². The van der Waals surface area contributed by atoms with Crippen molar-refractivity contribution in [3.63, 3.8) is 0 Å². The number of carbonyl (C=O) groups excluding carboxylic acids is 1. The van der Waals surface area contributed by atoms with Crippen molar-refractivity contribution >= 4 is 27.3 Å². The summed E-state index contributed by atoms with van der Waals surface area (Å²) in [6, 6.07) is 21.5. The van der Waals surface area contributed by atoms with Crippen LogP contribution in [0.3, 0.4) is 0 Å². The fourth-order valence-electron chi connectivity index (χ4n) is 3.85. The van der Waals surface area contributed by atoms with Gasteiger partial charge in [0.25, 0.3) is 15.9 Å². The van der Waals surface area contributed by atoms with Crippen LogP contribution in [0.25, 0.3) is 0 Å². The number of hydrogen-bond donors (Lipinski definition) is 1. The second-order valence-electron chi connectivity index (χ2n) is 8.10. The first-order valence-corrected chi connectivity index (χ1v) is 12.0. The van der Waals surface area contributed by atoms with Crippen LogP contribution >= 0.6 is 0 Å². The average molecular weight is 435 g/mol. The van der Waals surface area contributed by atoms with E-state index in [1.165, 1.54) is 0 Å². The van der Waals surface area contributed by atoms with Gasteiger partial charge in [-0.05, 0) is 72.4 Å². The minimum Gasteiger partial charge on any atom is -0.308 e. The lowest BCUT2D eigenvalue weighted by Gasteiger charge is -2.30. The van der Waals surface area contributed by atoms with Crippen LogP contribution in [0.5, 0.6) is 0 Å². The van der Waals surface area contributed by atoms with Gasteiger partial charge in [0.15, 0.2) is 0 Å². The van der Waals surface area contributed by atoms with Gasteiger partial charge in [0.2, 0.25) is 0 Å². The molecule has 1 aliphatic rings. The molecule has 0 aliphatic carbocycles. The maximum Gasteiger partial charge on any atom is 0.261 e. The van der Waals surface area contributed by atoms with Crippen molar-refractivity contribution in [1.82, 2.24) is 0 Å². The minimum atomic E-state index is -3.69. The van der Waals surface area contributed by atoms with Crippen LogP contribution in [-0.4, -0.2) is 20.9 Å². The van der Waals surface area contributed by atoms with E-state index < -0.39 is 10.0 Å². The Morgan fingerprint density at radius 2 is 1.68 bits per heavy atom. The second-order valence-corrected chi connectivity index (χ2v) is 9.78. The van der Waals surface area contributed by atoms with E-state index in [1.54, 1.807) is 23.1 Å². The molecule has 0 aromatic heterocycles. The number of rotatable bonds is 5. The third-order valence-corrected chi connectivity index (χ3v) is 6.97. The molecule has 4 rings (SSSR count). The molecule has 3 aromatic rings. The molecule has 5 nitrogen and oxygen atoms in total. The minimum absolute atomic E-state index is 0.0416. The topological polar surface area (TPSA) is 66.5 Å². The van der Waals surface area contributed by atoms with Gasteiger partial charge in [-0.3, -0.25) is 9.52 Å². The third-order valence-electron chi connectivity index (χ3n) is 5.57. The Morgan fingerprint density at radius 3 is 2.35 bits per heavy atom. The highest BCUT2D eigenvalue weighted by Gasteiger charge is 2.24. The molecule has 0 radical (unpaired) electrons. The van der Waals surface area contributed by atoms with Gasteiger partial charge in [-0.15, -0.1) is 0 Å². The zero-order chi connectivity index (χ0) is 22.0. The monoisotopic (exact) mass is 434 g/mol. The maximum absolute atomic E-state index is 13.0. The number of nitrogens with one attached hydrogen (secondary N) is 1. The molecule has 0 atom stereocenters. The Labute approximate surface area is 183 Å². The van der Waals surface area contributed by atoms with Crippen molar-refractivity contribution in [2.24, 2.45) is 0 Å². The van der Waals surface area contributed by atoms with Crippen LogP contribution in [0.1, 0.15) is 47.7 Å². The van der Waals surface area contributed by atoms with Crippen molar-refractivity contribution in [2.75, 3.05) is 16.2 Å². The summed E-state index contributed by atoms with van der Waals surface area (Å²) >= 11 is 0. The van der Waals surface area contributed by atoms with E-state index in [2.05, 4.69) is 18.6 Å². The first-order chi connectivity index (χ1) is 14.8. The van der Waals surface area contributed by atoms with Crippen LogP contribution in [0, 0.1) is 0 Å². The van der Waals surface area contributed by atoms with Crippen molar-refractivity contribution in [3.8, 4) is 0 Å². The molecule has 0 unspecified atom stereocenters. The molecule has 0 saturated carbocycles. The largest absolute Gasteiger partial charge is 0.308 e. The first-order valence-electron chi connectivity index (χ1n) is 10.5. The normalized spacial score (nSPS) is 13.7. The summed E-state index contributed by atoms with van der Waals surface area (Å²) in [4.78, 5) is 15.0. The van der Waals surface area contributed by atoms with Gasteiger partial charge < -0.3 is 4.90 Å². The number of fused-ring (bicyclic) bond motifs is 1. The quantitative estimate of drug-likeness (QED) is 0.600. The standard InChI is InChI=1S/C25H26N2O3S/c1-18(2)19-10-13-23(14-11-19)31(29,30)26-22-12-15-24-21(17-22)9-6-16-27(24)25(28)20-7-4-3-5-8-20/h3-5,7-8,10-15,17-18,26H,6,9,16H2,1-2H3. The summed E-state index contributed by atoms with van der Waals surface area (Å²) in [5.74, 6) is 0.298. The van der Waals surface area contributed by atoms with Crippen LogP contribution in [0.15, 0.2) is 77.7 Å². The number of nitrogens with zero attached hydrogens (tertiary/aromatic N) is 1. The van der Waals surface area contributed by atoms with Crippen LogP contribution < -0.4 is 9.62 Å². The highest BCUT2D eigenvalue weighted by Crippen LogP contribution is 2.31. The number of sulfonamides is 1. The molecular formula is C25H26N2O3S. The lowest BCUT2D eigenvalue weighted by atomic mass is 10.00. The molecule has 0 spiro atoms. The third kappa shape index (κ3) is 4.49. The number of anilines is 2. The van der Waals surface area contributed by atoms with E-state index in [9.17, 15) is 13.2 Å². The lowest BCUT2D eigenvalue weighted by Crippen LogP contribution is -2.35. The van der Waals surface area contributed by atoms with Crippen molar-refractivity contribution in [3.05, 3.63) is 89.5 Å². The fraction of sp³-hybridized carbons (Fsp3) is 0.240. The number of aryl methyl sites for hydroxylation is 1. The lowest BCUT2D eigenvalue weighted by molar-refractivity contribution is 0.0985. The molecule has 6 heteroatoms. The molecule has 1 heterocycles. The molecule has 1 N–H and O–H groups in total. The van der Waals surface area contributed by atoms with Gasteiger partial charge >= 0.3 is 0 Å². The molecule has 3 aromatic carbocycles. The van der Waals surface area contributed by atoms with Crippen molar-refractivity contribution in [1.29, 1.82) is 0 Å². The van der Waals surface area contributed by atoms with Crippen molar-refractivity contribution < 1.29 is 13.2 Å². The smallest absolute Gasteiger partial charge is 0.261 e. The Bertz CT molecular complexity index is 1190. The highest BCUT2D eigenvalue weighted by molar-refractivity contribution is 7.92. The van der Waals surface area contributed by atoms with E-state index in [1.807, 2.05) is 54.6 Å². The van der Waals surface area contributed by atoms with E-state index in [-0.39, 0.29) is 10.8 Å². The maximum atomic E-state index is 13.0. The molecule has 1 aliphatic heterocycles. The van der Waals surface area contributed by atoms with Crippen LogP contribution in [0.4, 0.5) is 11.4 Å². The van der Waals surface area contributed by atoms with Gasteiger partial charge in [0.1, 0.15) is 0 Å². The number of hydrogen-bond acceptors (Lipinski definition) is 3. The number of amides is 1. The van der Waals surface area contributed by atoms with Gasteiger partial charge in [-0.2, -0.15) is 0 Å². The van der Waals surface area contributed by atoms with Gasteiger partial charge in [0, 0.05) is 23.5 Å². The Kier molecular flexibility index (Phi) is 5.83. The summed E-state index contributed by atoms with van der Waals surface area (Å²) < 4.78 is 28.3. The zero-order valence-electron chi connectivity index (χ0n) is 17.7. The zero-order valence-corrected chi connectivity index (χ0v) is 18.5. The predicted octanol–water partition coefficient (Wildman–Crippen LogP) is 5.20. The Morgan fingerprint density at radius 1 is 0.968 bits per heavy atom. The van der Waals surface area contributed by atoms with Gasteiger partial charge in [0.05, 0.1) is 4.90 Å².